The van der Waals surface area contributed by atoms with Gasteiger partial charge in [0.1, 0.15) is 12.6 Å². The molecule has 1 fully saturated rings. The molecule has 0 aromatic rings. The second kappa shape index (κ2) is 6.83. The molecule has 0 bridgehead atoms. The van der Waals surface area contributed by atoms with E-state index in [0.29, 0.717) is 19.5 Å². The predicted octanol–water partition coefficient (Wildman–Crippen LogP) is -0.229. The number of nitrogens with one attached hydrogen (secondary N) is 2. The van der Waals surface area contributed by atoms with Crippen molar-refractivity contribution in [1.29, 1.82) is 0 Å². The van der Waals surface area contributed by atoms with Crippen molar-refractivity contribution in [1.82, 2.24) is 15.5 Å². The Balaban J connectivity index is 2.49. The quantitative estimate of drug-likeness (QED) is 0.633. The molecule has 0 aromatic heterocycles. The summed E-state index contributed by atoms with van der Waals surface area (Å²) in [7, 11) is 0. The second-order valence-corrected chi connectivity index (χ2v) is 4.25. The highest BCUT2D eigenvalue weighted by atomic mass is 16.4. The minimum absolute atomic E-state index is 0.0219. The molecule has 0 radical (unpaired) electrons. The molecule has 1 atom stereocenters. The van der Waals surface area contributed by atoms with Gasteiger partial charge in [0.15, 0.2) is 0 Å². The van der Waals surface area contributed by atoms with Gasteiger partial charge in [-0.15, -0.1) is 0 Å². The lowest BCUT2D eigenvalue weighted by Crippen LogP contribution is -2.55. The molecule has 1 aliphatic rings. The Morgan fingerprint density at radius 2 is 2.28 bits per heavy atom. The van der Waals surface area contributed by atoms with E-state index in [2.05, 4.69) is 10.6 Å². The first-order valence-corrected chi connectivity index (χ1v) is 6.09. The molecule has 0 spiro atoms. The van der Waals surface area contributed by atoms with Crippen molar-refractivity contribution < 1.29 is 19.5 Å². The van der Waals surface area contributed by atoms with Gasteiger partial charge >= 0.3 is 12.0 Å². The van der Waals surface area contributed by atoms with Crippen molar-refractivity contribution in [2.75, 3.05) is 19.6 Å². The molecule has 0 aromatic carbocycles. The van der Waals surface area contributed by atoms with Crippen molar-refractivity contribution in [3.8, 4) is 0 Å². The van der Waals surface area contributed by atoms with Crippen LogP contribution in [0, 0.1) is 0 Å². The molecule has 0 aliphatic carbocycles. The third kappa shape index (κ3) is 4.23. The first kappa shape index (κ1) is 14.3. The summed E-state index contributed by atoms with van der Waals surface area (Å²) in [5, 5.41) is 14.0. The Labute approximate surface area is 106 Å². The van der Waals surface area contributed by atoms with Gasteiger partial charge in [-0.25, -0.2) is 9.59 Å². The van der Waals surface area contributed by atoms with Crippen LogP contribution in [0.15, 0.2) is 0 Å². The van der Waals surface area contributed by atoms with E-state index >= 15 is 0 Å². The number of unbranched alkanes of at least 4 members (excludes halogenated alkanes) is 1. The maximum Gasteiger partial charge on any atom is 0.326 e. The monoisotopic (exact) mass is 257 g/mol. The molecule has 102 valence electrons. The molecule has 1 aliphatic heterocycles. The van der Waals surface area contributed by atoms with Crippen LogP contribution in [0.1, 0.15) is 26.2 Å². The SMILES string of the molecule is CCCC[C@H](NC(=O)N1CCNC(=O)C1)C(=O)O. The highest BCUT2D eigenvalue weighted by Gasteiger charge is 2.25. The number of carbonyl (C=O) groups excluding carboxylic acids is 2. The number of piperazine rings is 1. The van der Waals surface area contributed by atoms with E-state index in [9.17, 15) is 14.4 Å². The number of hydrogen-bond acceptors (Lipinski definition) is 3. The van der Waals surface area contributed by atoms with Crippen LogP contribution in [0.2, 0.25) is 0 Å². The lowest BCUT2D eigenvalue weighted by molar-refractivity contribution is -0.139. The van der Waals surface area contributed by atoms with Gasteiger partial charge < -0.3 is 20.6 Å². The fraction of sp³-hybridized carbons (Fsp3) is 0.727. The first-order valence-electron chi connectivity index (χ1n) is 6.09. The average Bonchev–Trinajstić information content (AvgIpc) is 2.33. The minimum atomic E-state index is -1.04. The van der Waals surface area contributed by atoms with Crippen molar-refractivity contribution in [3.05, 3.63) is 0 Å². The molecular formula is C11H19N3O4. The van der Waals surface area contributed by atoms with Gasteiger partial charge in [-0.2, -0.15) is 0 Å². The van der Waals surface area contributed by atoms with Crippen molar-refractivity contribution >= 4 is 17.9 Å². The highest BCUT2D eigenvalue weighted by molar-refractivity contribution is 5.87. The van der Waals surface area contributed by atoms with E-state index in [1.165, 1.54) is 4.90 Å². The summed E-state index contributed by atoms with van der Waals surface area (Å²) < 4.78 is 0. The van der Waals surface area contributed by atoms with E-state index < -0.39 is 18.0 Å². The summed E-state index contributed by atoms with van der Waals surface area (Å²) >= 11 is 0. The van der Waals surface area contributed by atoms with Gasteiger partial charge in [-0.3, -0.25) is 4.79 Å². The van der Waals surface area contributed by atoms with Crippen molar-refractivity contribution in [3.63, 3.8) is 0 Å². The van der Waals surface area contributed by atoms with Gasteiger partial charge in [0, 0.05) is 13.1 Å². The van der Waals surface area contributed by atoms with Crippen LogP contribution in [-0.2, 0) is 9.59 Å². The molecule has 7 heteroatoms. The zero-order valence-corrected chi connectivity index (χ0v) is 10.4. The Morgan fingerprint density at radius 1 is 1.56 bits per heavy atom. The Bertz CT molecular complexity index is 332. The summed E-state index contributed by atoms with van der Waals surface area (Å²) in [4.78, 5) is 35.2. The van der Waals surface area contributed by atoms with Crippen molar-refractivity contribution in [2.24, 2.45) is 0 Å². The Kier molecular flexibility index (Phi) is 5.41. The zero-order chi connectivity index (χ0) is 13.5. The number of rotatable bonds is 5. The number of urea groups is 1. The molecule has 18 heavy (non-hydrogen) atoms. The topological polar surface area (TPSA) is 98.7 Å². The summed E-state index contributed by atoms with van der Waals surface area (Å²) in [6.07, 6.45) is 2.00. The van der Waals surface area contributed by atoms with Crippen LogP contribution >= 0.6 is 0 Å². The molecular weight excluding hydrogens is 238 g/mol. The summed E-state index contributed by atoms with van der Waals surface area (Å²) in [5.41, 5.74) is 0. The van der Waals surface area contributed by atoms with E-state index in [1.54, 1.807) is 0 Å². The minimum Gasteiger partial charge on any atom is -0.480 e. The van der Waals surface area contributed by atoms with Crippen LogP contribution in [0.3, 0.4) is 0 Å². The van der Waals surface area contributed by atoms with Crippen molar-refractivity contribution in [2.45, 2.75) is 32.2 Å². The lowest BCUT2D eigenvalue weighted by atomic mass is 10.1. The van der Waals surface area contributed by atoms with Crippen LogP contribution in [0.25, 0.3) is 0 Å². The molecule has 1 saturated heterocycles. The summed E-state index contributed by atoms with van der Waals surface area (Å²) in [6, 6.07) is -1.38. The second-order valence-electron chi connectivity index (χ2n) is 4.25. The molecule has 1 heterocycles. The summed E-state index contributed by atoms with van der Waals surface area (Å²) in [6.45, 7) is 2.73. The number of carbonyl (C=O) groups is 3. The number of amides is 3. The first-order chi connectivity index (χ1) is 8.54. The average molecular weight is 257 g/mol. The molecule has 0 unspecified atom stereocenters. The molecule has 0 saturated carbocycles. The third-order valence-electron chi connectivity index (χ3n) is 2.77. The fourth-order valence-corrected chi connectivity index (χ4v) is 1.72. The van der Waals surface area contributed by atoms with Gasteiger partial charge in [-0.1, -0.05) is 19.8 Å². The number of nitrogens with zero attached hydrogens (tertiary/aromatic N) is 1. The molecule has 3 amide bonds. The fourth-order valence-electron chi connectivity index (χ4n) is 1.72. The largest absolute Gasteiger partial charge is 0.480 e. The Hall–Kier alpha value is -1.79. The van der Waals surface area contributed by atoms with Gasteiger partial charge in [0.05, 0.1) is 0 Å². The van der Waals surface area contributed by atoms with Crippen LogP contribution < -0.4 is 10.6 Å². The highest BCUT2D eigenvalue weighted by Crippen LogP contribution is 2.03. The Morgan fingerprint density at radius 3 is 2.83 bits per heavy atom. The maximum atomic E-state index is 11.8. The third-order valence-corrected chi connectivity index (χ3v) is 2.77. The number of carboxylic acids is 1. The standard InChI is InChI=1S/C11H19N3O4/c1-2-3-4-8(10(16)17)13-11(18)14-6-5-12-9(15)7-14/h8H,2-7H2,1H3,(H,12,15)(H,13,18)(H,16,17)/t8-/m0/s1. The number of hydrogen-bond donors (Lipinski definition) is 3. The maximum absolute atomic E-state index is 11.8. The number of aliphatic carboxylic acids is 1. The van der Waals surface area contributed by atoms with Gasteiger partial charge in [0.2, 0.25) is 5.91 Å². The normalized spacial score (nSPS) is 16.9. The van der Waals surface area contributed by atoms with Gasteiger partial charge in [-0.05, 0) is 6.42 Å². The van der Waals surface area contributed by atoms with E-state index in [1.807, 2.05) is 6.92 Å². The number of carboxylic acid groups (broad SMARTS) is 1. The molecule has 7 nitrogen and oxygen atoms in total. The zero-order valence-electron chi connectivity index (χ0n) is 10.4. The van der Waals surface area contributed by atoms with Crippen LogP contribution in [0.5, 0.6) is 0 Å². The summed E-state index contributed by atoms with van der Waals surface area (Å²) in [5.74, 6) is -1.27. The predicted molar refractivity (Wildman–Crippen MR) is 64.1 cm³/mol. The van der Waals surface area contributed by atoms with Gasteiger partial charge in [0.25, 0.3) is 0 Å². The van der Waals surface area contributed by atoms with Crippen LogP contribution in [0.4, 0.5) is 4.79 Å². The smallest absolute Gasteiger partial charge is 0.326 e. The molecule has 1 rings (SSSR count). The lowest BCUT2D eigenvalue weighted by Gasteiger charge is -2.28. The van der Waals surface area contributed by atoms with Crippen LogP contribution in [-0.4, -0.2) is 53.6 Å². The van der Waals surface area contributed by atoms with E-state index in [0.717, 1.165) is 12.8 Å². The molecule has 3 N–H and O–H groups in total. The van der Waals surface area contributed by atoms with E-state index in [-0.39, 0.29) is 12.5 Å². The van der Waals surface area contributed by atoms with E-state index in [4.69, 9.17) is 5.11 Å².